The Balaban J connectivity index is 2.48. The fourth-order valence-electron chi connectivity index (χ4n) is 2.52. The van der Waals surface area contributed by atoms with E-state index in [0.29, 0.717) is 24.7 Å². The smallest absolute Gasteiger partial charge is 0.133 e. The van der Waals surface area contributed by atoms with Gasteiger partial charge in [0, 0.05) is 12.8 Å². The van der Waals surface area contributed by atoms with E-state index < -0.39 is 0 Å². The van der Waals surface area contributed by atoms with Crippen LogP contribution in [0, 0.1) is 5.41 Å². The number of ether oxygens (including phenoxy) is 1. The van der Waals surface area contributed by atoms with E-state index in [9.17, 15) is 4.79 Å². The molecule has 0 aromatic heterocycles. The van der Waals surface area contributed by atoms with Crippen molar-refractivity contribution in [1.82, 2.24) is 0 Å². The largest absolute Gasteiger partial charge is 0.378 e. The van der Waals surface area contributed by atoms with Gasteiger partial charge in [-0.15, -0.1) is 0 Å². The van der Waals surface area contributed by atoms with Crippen molar-refractivity contribution in [3.63, 3.8) is 0 Å². The zero-order valence-corrected chi connectivity index (χ0v) is 14.8. The van der Waals surface area contributed by atoms with Crippen LogP contribution in [-0.2, 0) is 9.53 Å². The number of carbonyl (C=O) groups excluding carboxylic acids is 1. The highest BCUT2D eigenvalue weighted by molar-refractivity contribution is 5.78. The summed E-state index contributed by atoms with van der Waals surface area (Å²) in [6.07, 6.45) is 17.8. The predicted molar refractivity (Wildman–Crippen MR) is 94.0 cm³/mol. The van der Waals surface area contributed by atoms with Gasteiger partial charge in [0.25, 0.3) is 0 Å². The van der Waals surface area contributed by atoms with Crippen molar-refractivity contribution >= 4 is 5.78 Å². The molecule has 1 aliphatic rings. The van der Waals surface area contributed by atoms with Crippen molar-refractivity contribution < 1.29 is 9.53 Å². The number of carbonyl (C=O) groups is 1. The molecule has 126 valence electrons. The summed E-state index contributed by atoms with van der Waals surface area (Å²) in [7, 11) is 0. The Morgan fingerprint density at radius 1 is 0.955 bits per heavy atom. The first-order valence-corrected chi connectivity index (χ1v) is 8.91. The van der Waals surface area contributed by atoms with E-state index in [2.05, 4.69) is 45.1 Å². The summed E-state index contributed by atoms with van der Waals surface area (Å²) >= 11 is 0. The van der Waals surface area contributed by atoms with Crippen LogP contribution >= 0.6 is 0 Å². The van der Waals surface area contributed by atoms with Crippen LogP contribution in [0.1, 0.15) is 78.6 Å². The Hall–Kier alpha value is -0.890. The van der Waals surface area contributed by atoms with Gasteiger partial charge in [-0.25, -0.2) is 0 Å². The summed E-state index contributed by atoms with van der Waals surface area (Å²) in [5.41, 5.74) is 0.203. The van der Waals surface area contributed by atoms with Crippen LogP contribution in [0.5, 0.6) is 0 Å². The first-order chi connectivity index (χ1) is 10.5. The zero-order chi connectivity index (χ0) is 16.3. The van der Waals surface area contributed by atoms with Gasteiger partial charge in [0.2, 0.25) is 0 Å². The number of allylic oxidation sites excluding steroid dienone is 4. The van der Waals surface area contributed by atoms with Crippen molar-refractivity contribution in [3.8, 4) is 0 Å². The summed E-state index contributed by atoms with van der Waals surface area (Å²) in [6, 6.07) is 0. The second-order valence-corrected chi connectivity index (χ2v) is 7.56. The maximum atomic E-state index is 11.9. The Labute approximate surface area is 137 Å². The third kappa shape index (κ3) is 10.8. The molecule has 1 unspecified atom stereocenters. The van der Waals surface area contributed by atoms with Crippen LogP contribution in [0.4, 0.5) is 0 Å². The molecule has 2 heteroatoms. The Morgan fingerprint density at radius 3 is 2.27 bits per heavy atom. The van der Waals surface area contributed by atoms with Crippen molar-refractivity contribution in [2.24, 2.45) is 5.41 Å². The average molecular weight is 306 g/mol. The maximum Gasteiger partial charge on any atom is 0.133 e. The zero-order valence-electron chi connectivity index (χ0n) is 14.8. The lowest BCUT2D eigenvalue weighted by atomic mass is 9.98. The average Bonchev–Trinajstić information content (AvgIpc) is 2.45. The normalized spacial score (nSPS) is 26.0. The SMILES string of the molecule is CC(C)(C)COC1CC/C=C/CC/C=C/CCC(=O)CCC1. The monoisotopic (exact) mass is 306 g/mol. The Kier molecular flexibility index (Phi) is 9.38. The fourth-order valence-corrected chi connectivity index (χ4v) is 2.52. The first-order valence-electron chi connectivity index (χ1n) is 8.91. The number of Topliss-reactive ketones (excluding diaryl/α,β-unsaturated/α-hetero) is 1. The van der Waals surface area contributed by atoms with E-state index in [4.69, 9.17) is 4.74 Å². The molecule has 0 saturated carbocycles. The van der Waals surface area contributed by atoms with E-state index >= 15 is 0 Å². The van der Waals surface area contributed by atoms with Crippen LogP contribution in [-0.4, -0.2) is 18.5 Å². The van der Waals surface area contributed by atoms with Crippen LogP contribution < -0.4 is 0 Å². The van der Waals surface area contributed by atoms with Crippen molar-refractivity contribution in [2.45, 2.75) is 84.7 Å². The third-order valence-electron chi connectivity index (χ3n) is 3.81. The van der Waals surface area contributed by atoms with E-state index in [-0.39, 0.29) is 5.41 Å². The molecule has 22 heavy (non-hydrogen) atoms. The molecule has 0 aromatic carbocycles. The summed E-state index contributed by atoms with van der Waals surface area (Å²) in [5, 5.41) is 0. The minimum atomic E-state index is 0.203. The van der Waals surface area contributed by atoms with Gasteiger partial charge in [0.05, 0.1) is 12.7 Å². The molecule has 0 N–H and O–H groups in total. The third-order valence-corrected chi connectivity index (χ3v) is 3.81. The van der Waals surface area contributed by atoms with Gasteiger partial charge < -0.3 is 4.74 Å². The van der Waals surface area contributed by atoms with E-state index in [0.717, 1.165) is 51.6 Å². The number of ketones is 1. The minimum Gasteiger partial charge on any atom is -0.378 e. The summed E-state index contributed by atoms with van der Waals surface area (Å²) in [6.45, 7) is 7.40. The number of hydrogen-bond acceptors (Lipinski definition) is 2. The molecule has 0 saturated heterocycles. The molecular formula is C20H34O2. The molecule has 0 aliphatic heterocycles. The molecule has 0 spiro atoms. The van der Waals surface area contributed by atoms with Gasteiger partial charge >= 0.3 is 0 Å². The van der Waals surface area contributed by atoms with Gasteiger partial charge in [-0.1, -0.05) is 45.1 Å². The predicted octanol–water partition coefficient (Wildman–Crippen LogP) is 5.62. The molecule has 1 atom stereocenters. The van der Waals surface area contributed by atoms with Crippen LogP contribution in [0.2, 0.25) is 0 Å². The molecule has 2 nitrogen and oxygen atoms in total. The fraction of sp³-hybridized carbons (Fsp3) is 0.750. The van der Waals surface area contributed by atoms with Gasteiger partial charge in [-0.2, -0.15) is 0 Å². The lowest BCUT2D eigenvalue weighted by Gasteiger charge is -2.24. The molecule has 0 bridgehead atoms. The van der Waals surface area contributed by atoms with Crippen molar-refractivity contribution in [3.05, 3.63) is 24.3 Å². The van der Waals surface area contributed by atoms with Gasteiger partial charge in [0.1, 0.15) is 5.78 Å². The maximum absolute atomic E-state index is 11.9. The summed E-state index contributed by atoms with van der Waals surface area (Å²) < 4.78 is 6.11. The lowest BCUT2D eigenvalue weighted by molar-refractivity contribution is -0.119. The molecule has 0 aromatic rings. The Bertz CT molecular complexity index is 360. The molecule has 1 aliphatic carbocycles. The van der Waals surface area contributed by atoms with Crippen molar-refractivity contribution in [2.75, 3.05) is 6.61 Å². The van der Waals surface area contributed by atoms with E-state index in [1.165, 1.54) is 0 Å². The number of rotatable bonds is 2. The van der Waals surface area contributed by atoms with Crippen molar-refractivity contribution in [1.29, 1.82) is 0 Å². The second kappa shape index (κ2) is 10.8. The van der Waals surface area contributed by atoms with Crippen LogP contribution in [0.25, 0.3) is 0 Å². The van der Waals surface area contributed by atoms with E-state index in [1.807, 2.05) is 0 Å². The Morgan fingerprint density at radius 2 is 1.59 bits per heavy atom. The standard InChI is InChI=1S/C20H34O2/c1-20(2,3)17-22-19-15-11-9-7-5-4-6-8-10-13-18(21)14-12-16-19/h6-9,19H,4-5,10-17H2,1-3H3/b8-6+,9-7+. The van der Waals surface area contributed by atoms with Gasteiger partial charge in [-0.3, -0.25) is 4.79 Å². The van der Waals surface area contributed by atoms with Crippen LogP contribution in [0.3, 0.4) is 0 Å². The first kappa shape index (κ1) is 19.2. The molecule has 0 heterocycles. The topological polar surface area (TPSA) is 26.3 Å². The molecular weight excluding hydrogens is 272 g/mol. The molecule has 0 amide bonds. The molecule has 0 fully saturated rings. The highest BCUT2D eigenvalue weighted by Gasteiger charge is 2.15. The molecule has 0 radical (unpaired) electrons. The molecule has 1 rings (SSSR count). The minimum absolute atomic E-state index is 0.203. The summed E-state index contributed by atoms with van der Waals surface area (Å²) in [5.74, 6) is 0.396. The summed E-state index contributed by atoms with van der Waals surface area (Å²) in [4.78, 5) is 11.9. The van der Waals surface area contributed by atoms with Crippen LogP contribution in [0.15, 0.2) is 24.3 Å². The van der Waals surface area contributed by atoms with Gasteiger partial charge in [-0.05, 0) is 50.4 Å². The highest BCUT2D eigenvalue weighted by atomic mass is 16.5. The lowest BCUT2D eigenvalue weighted by Crippen LogP contribution is -2.22. The number of hydrogen-bond donors (Lipinski definition) is 0. The van der Waals surface area contributed by atoms with E-state index in [1.54, 1.807) is 0 Å². The quantitative estimate of drug-likeness (QED) is 0.619. The second-order valence-electron chi connectivity index (χ2n) is 7.56. The highest BCUT2D eigenvalue weighted by Crippen LogP contribution is 2.19. The van der Waals surface area contributed by atoms with Gasteiger partial charge in [0.15, 0.2) is 0 Å².